The number of pyridine rings is 1. The molecule has 0 bridgehead atoms. The topological polar surface area (TPSA) is 192 Å². The van der Waals surface area contributed by atoms with E-state index in [1.54, 1.807) is 12.1 Å². The van der Waals surface area contributed by atoms with Crippen LogP contribution in [-0.4, -0.2) is 105 Å². The number of allylic oxidation sites excluding steroid dienone is 1. The minimum atomic E-state index is -4.94. The van der Waals surface area contributed by atoms with E-state index in [0.717, 1.165) is 0 Å². The van der Waals surface area contributed by atoms with Gasteiger partial charge < -0.3 is 34.5 Å². The minimum absolute atomic E-state index is 0.0407. The molecule has 4 heterocycles. The van der Waals surface area contributed by atoms with Crippen LogP contribution in [-0.2, 0) is 46.5 Å². The number of rotatable bonds is 8. The van der Waals surface area contributed by atoms with Crippen molar-refractivity contribution >= 4 is 44.7 Å². The summed E-state index contributed by atoms with van der Waals surface area (Å²) in [5.74, 6) is -2.69. The largest absolute Gasteiger partial charge is 0.497 e. The third-order valence-corrected chi connectivity index (χ3v) is 13.6. The van der Waals surface area contributed by atoms with Crippen molar-refractivity contribution in [1.29, 1.82) is 0 Å². The van der Waals surface area contributed by atoms with Gasteiger partial charge in [-0.25, -0.2) is 18.2 Å². The molecule has 1 aliphatic carbocycles. The van der Waals surface area contributed by atoms with E-state index in [-0.39, 0.29) is 81.2 Å². The van der Waals surface area contributed by atoms with Crippen LogP contribution in [0, 0.1) is 5.41 Å². The second-order valence-electron chi connectivity index (χ2n) is 17.4. The van der Waals surface area contributed by atoms with E-state index in [1.807, 2.05) is 26.8 Å². The molecule has 2 aromatic rings. The lowest BCUT2D eigenvalue weighted by atomic mass is 9.87. The highest BCUT2D eigenvalue weighted by Crippen LogP contribution is 2.49. The van der Waals surface area contributed by atoms with E-state index < -0.39 is 79.9 Å². The molecule has 3 aliphatic heterocycles. The highest BCUT2D eigenvalue weighted by atomic mass is 32.2. The number of aryl methyl sites for hydroxylation is 1. The van der Waals surface area contributed by atoms with Crippen LogP contribution >= 0.6 is 0 Å². The van der Waals surface area contributed by atoms with Crippen LogP contribution < -0.4 is 24.8 Å². The Kier molecular flexibility index (Phi) is 13.0. The molecule has 4 aliphatic rings. The molecule has 2 fully saturated rings. The molecule has 1 spiro atoms. The van der Waals surface area contributed by atoms with Gasteiger partial charge in [-0.2, -0.15) is 13.2 Å². The van der Waals surface area contributed by atoms with Gasteiger partial charge in [0.2, 0.25) is 21.8 Å². The summed E-state index contributed by atoms with van der Waals surface area (Å²) in [7, 11) is -1.45. The fourth-order valence-corrected chi connectivity index (χ4v) is 9.56. The van der Waals surface area contributed by atoms with Gasteiger partial charge in [0.15, 0.2) is 11.4 Å². The summed E-state index contributed by atoms with van der Waals surface area (Å²) < 4.78 is 94.0. The van der Waals surface area contributed by atoms with Gasteiger partial charge in [0, 0.05) is 24.5 Å². The fraction of sp³-hybridized carbons (Fsp3) is 0.634. The van der Waals surface area contributed by atoms with Gasteiger partial charge in [-0.1, -0.05) is 45.8 Å². The van der Waals surface area contributed by atoms with Crippen molar-refractivity contribution in [3.63, 3.8) is 0 Å². The van der Waals surface area contributed by atoms with E-state index in [4.69, 9.17) is 18.9 Å². The van der Waals surface area contributed by atoms with E-state index >= 15 is 0 Å². The van der Waals surface area contributed by atoms with Gasteiger partial charge in [0.1, 0.15) is 34.2 Å². The molecule has 60 heavy (non-hydrogen) atoms. The van der Waals surface area contributed by atoms with Gasteiger partial charge >= 0.3 is 12.3 Å². The Bertz CT molecular complexity index is 2120. The Morgan fingerprint density at radius 2 is 1.82 bits per heavy atom. The number of sulfonamides is 1. The first-order chi connectivity index (χ1) is 28.2. The molecule has 4 atom stereocenters. The predicted molar refractivity (Wildman–Crippen MR) is 212 cm³/mol. The van der Waals surface area contributed by atoms with Crippen molar-refractivity contribution in [3.8, 4) is 11.5 Å². The zero-order valence-corrected chi connectivity index (χ0v) is 35.4. The first kappa shape index (κ1) is 44.9. The first-order valence-electron chi connectivity index (χ1n) is 20.2. The molecule has 1 aromatic carbocycles. The number of methoxy groups -OCH3 is 2. The maximum atomic E-state index is 14.7. The summed E-state index contributed by atoms with van der Waals surface area (Å²) in [5, 5.41) is 5.70. The molecular formula is C41H54F3N5O10S. The number of fused-ring (bicyclic) bond motifs is 4. The molecule has 6 rings (SSSR count). The summed E-state index contributed by atoms with van der Waals surface area (Å²) in [6, 6.07) is 0.484. The summed E-state index contributed by atoms with van der Waals surface area (Å²) in [6.07, 6.45) is 0.557. The highest BCUT2D eigenvalue weighted by molar-refractivity contribution is 7.91. The molecule has 15 nitrogen and oxygen atoms in total. The average Bonchev–Trinajstić information content (AvgIpc) is 3.89. The van der Waals surface area contributed by atoms with Crippen LogP contribution in [0.2, 0.25) is 0 Å². The molecule has 19 heteroatoms. The third kappa shape index (κ3) is 9.93. The number of halogens is 3. The second kappa shape index (κ2) is 17.4. The highest BCUT2D eigenvalue weighted by Gasteiger charge is 2.57. The Hall–Kier alpha value is -4.65. The molecule has 330 valence electrons. The number of alkyl carbamates (subject to hydrolysis) is 1. The summed E-state index contributed by atoms with van der Waals surface area (Å²) in [5.41, 5.74) is -2.87. The first-order valence-corrected chi connectivity index (χ1v) is 21.7. The Morgan fingerprint density at radius 3 is 2.48 bits per heavy atom. The summed E-state index contributed by atoms with van der Waals surface area (Å²) in [4.78, 5) is 61.2. The maximum Gasteiger partial charge on any atom is 0.437 e. The van der Waals surface area contributed by atoms with E-state index in [1.165, 1.54) is 31.3 Å². The van der Waals surface area contributed by atoms with E-state index in [9.17, 15) is 40.8 Å². The number of carbonyl (C=O) groups excluding carboxylic acids is 4. The average molecular weight is 866 g/mol. The lowest BCUT2D eigenvalue weighted by Gasteiger charge is -2.37. The summed E-state index contributed by atoms with van der Waals surface area (Å²) >= 11 is 0. The van der Waals surface area contributed by atoms with E-state index in [0.29, 0.717) is 36.8 Å². The fourth-order valence-electron chi connectivity index (χ4n) is 8.02. The SMILES string of the molecule is COCC1(S(=O)(=O)NC(=O)[C@H]2C/C=C\CCCCC[C@H](NC(=O)OCC(C)(C)C)C(=O)N3C[C@@]4(CCc5c(c(C(F)(F)F)nc6ccc(OC)cc56)O4)C[C@H]3C(=O)N2)CC1. The second-order valence-corrected chi connectivity index (χ2v) is 19.5. The van der Waals surface area contributed by atoms with Crippen molar-refractivity contribution in [2.24, 2.45) is 5.41 Å². The Balaban J connectivity index is 1.37. The third-order valence-electron chi connectivity index (χ3n) is 11.4. The number of nitrogens with zero attached hydrogens (tertiary/aromatic N) is 2. The number of nitrogens with one attached hydrogen (secondary N) is 3. The standard InChI is InChI=1S/C41H54F3N5O10S/c1-38(2,3)23-58-37(53)47-30-13-11-9-7-6-8-10-12-29(34(50)48-60(54,55)40(18-19-40)24-56-4)46-35(51)31-21-39(22-49(31)36(30)52)17-16-26-27-20-25(57-5)14-15-28(27)45-33(32(26)59-39)41(42,43)44/h8,10,14-15,20,29-31H,6-7,9,11-13,16-19,21-24H2,1-5H3,(H,46,51)(H,47,53)(H,48,50)/b10-8-/t29-,30+,31+,39-/m1/s1. The molecular weight excluding hydrogens is 812 g/mol. The number of amides is 4. The van der Waals surface area contributed by atoms with Crippen molar-refractivity contribution < 1.29 is 59.7 Å². The lowest BCUT2D eigenvalue weighted by Crippen LogP contribution is -2.57. The van der Waals surface area contributed by atoms with Crippen LogP contribution in [0.4, 0.5) is 18.0 Å². The lowest BCUT2D eigenvalue weighted by molar-refractivity contribution is -0.144. The number of benzene rings is 1. The Morgan fingerprint density at radius 1 is 1.07 bits per heavy atom. The molecule has 1 saturated heterocycles. The molecule has 1 aromatic heterocycles. The number of alkyl halides is 3. The zero-order chi connectivity index (χ0) is 43.7. The van der Waals surface area contributed by atoms with Crippen molar-refractivity contribution in [2.75, 3.05) is 34.0 Å². The van der Waals surface area contributed by atoms with Gasteiger partial charge in [-0.15, -0.1) is 0 Å². The summed E-state index contributed by atoms with van der Waals surface area (Å²) in [6.45, 7) is 5.15. The minimum Gasteiger partial charge on any atom is -0.497 e. The van der Waals surface area contributed by atoms with Crippen LogP contribution in [0.3, 0.4) is 0 Å². The number of hydrogen-bond acceptors (Lipinski definition) is 11. The number of hydrogen-bond donors (Lipinski definition) is 3. The molecule has 4 amide bonds. The number of ether oxygens (including phenoxy) is 4. The van der Waals surface area contributed by atoms with E-state index in [2.05, 4.69) is 20.3 Å². The van der Waals surface area contributed by atoms with Crippen LogP contribution in [0.25, 0.3) is 10.9 Å². The smallest absolute Gasteiger partial charge is 0.437 e. The quantitative estimate of drug-likeness (QED) is 0.300. The van der Waals surface area contributed by atoms with Crippen LogP contribution in [0.1, 0.15) is 96.2 Å². The molecule has 0 radical (unpaired) electrons. The van der Waals surface area contributed by atoms with Crippen molar-refractivity contribution in [1.82, 2.24) is 25.2 Å². The number of aromatic nitrogens is 1. The zero-order valence-electron chi connectivity index (χ0n) is 34.5. The molecule has 3 N–H and O–H groups in total. The van der Waals surface area contributed by atoms with Gasteiger partial charge in [0.05, 0.1) is 32.4 Å². The van der Waals surface area contributed by atoms with Crippen LogP contribution in [0.5, 0.6) is 11.5 Å². The van der Waals surface area contributed by atoms with Gasteiger partial charge in [-0.3, -0.25) is 19.1 Å². The van der Waals surface area contributed by atoms with Gasteiger partial charge in [-0.05, 0) is 75.0 Å². The van der Waals surface area contributed by atoms with Gasteiger partial charge in [0.25, 0.3) is 5.91 Å². The molecule has 1 saturated carbocycles. The number of carbonyl (C=O) groups is 4. The predicted octanol–water partition coefficient (Wildman–Crippen LogP) is 5.09. The molecule has 0 unspecified atom stereocenters. The van der Waals surface area contributed by atoms with Crippen molar-refractivity contribution in [2.45, 2.75) is 126 Å². The normalized spacial score (nSPS) is 25.5. The Labute approximate surface area is 347 Å². The monoisotopic (exact) mass is 865 g/mol. The van der Waals surface area contributed by atoms with Crippen LogP contribution in [0.15, 0.2) is 30.4 Å². The maximum absolute atomic E-state index is 14.7. The van der Waals surface area contributed by atoms with Crippen molar-refractivity contribution in [3.05, 3.63) is 41.6 Å².